The minimum atomic E-state index is -0.431. The van der Waals surface area contributed by atoms with Gasteiger partial charge in [-0.3, -0.25) is 9.69 Å². The molecular formula is C29H38N4O4. The second kappa shape index (κ2) is 8.90. The van der Waals surface area contributed by atoms with Gasteiger partial charge in [0.25, 0.3) is 0 Å². The highest BCUT2D eigenvalue weighted by Crippen LogP contribution is 2.59. The predicted molar refractivity (Wildman–Crippen MR) is 142 cm³/mol. The van der Waals surface area contributed by atoms with Gasteiger partial charge in [0.15, 0.2) is 0 Å². The van der Waals surface area contributed by atoms with Crippen LogP contribution in [0.15, 0.2) is 24.4 Å². The number of fused-ring (bicyclic) bond motifs is 1. The summed E-state index contributed by atoms with van der Waals surface area (Å²) in [6.45, 7) is 8.35. The molecule has 1 aromatic heterocycles. The molecule has 8 nitrogen and oxygen atoms in total. The van der Waals surface area contributed by atoms with Gasteiger partial charge in [0.2, 0.25) is 5.91 Å². The fourth-order valence-corrected chi connectivity index (χ4v) is 6.94. The molecule has 5 aliphatic rings. The topological polar surface area (TPSA) is 87.2 Å². The standard InChI is InChI=1S/C29H38N4O4/c1-28(18-37-17-25(28)34)33-8-6-32(7-9-33)24-13-20-14-26(30-16-21(20)12-22(24)19-2-3-19)31-27(35)23-15-29(23)4-10-36-11-5-29/h12-14,16,19,23,25,34H,2-11,15,17-18H2,1H3,(H,30,31,35)/t23-,25+,28-/m1/s1. The van der Waals surface area contributed by atoms with Crippen molar-refractivity contribution < 1.29 is 19.4 Å². The molecule has 2 aromatic rings. The number of pyridine rings is 1. The Bertz CT molecular complexity index is 1200. The molecule has 198 valence electrons. The van der Waals surface area contributed by atoms with Crippen LogP contribution in [0.3, 0.4) is 0 Å². The lowest BCUT2D eigenvalue weighted by Crippen LogP contribution is -2.60. The number of carbonyl (C=O) groups excluding carboxylic acids is 1. The number of aliphatic hydroxyl groups is 1. The van der Waals surface area contributed by atoms with Gasteiger partial charge in [-0.1, -0.05) is 0 Å². The number of rotatable bonds is 5. The number of anilines is 2. The number of benzene rings is 1. The summed E-state index contributed by atoms with van der Waals surface area (Å²) in [6, 6.07) is 6.67. The minimum absolute atomic E-state index is 0.0867. The molecule has 5 fully saturated rings. The van der Waals surface area contributed by atoms with Crippen LogP contribution < -0.4 is 10.2 Å². The summed E-state index contributed by atoms with van der Waals surface area (Å²) in [5.41, 5.74) is 2.60. The van der Waals surface area contributed by atoms with E-state index in [2.05, 4.69) is 39.2 Å². The number of aromatic nitrogens is 1. The molecule has 0 unspecified atom stereocenters. The van der Waals surface area contributed by atoms with Crippen LogP contribution in [0.4, 0.5) is 11.5 Å². The van der Waals surface area contributed by atoms with E-state index in [0.717, 1.165) is 69.4 Å². The number of hydrogen-bond donors (Lipinski definition) is 2. The molecule has 2 aliphatic carbocycles. The first-order valence-corrected chi connectivity index (χ1v) is 14.0. The normalized spacial score (nSPS) is 31.7. The Labute approximate surface area is 218 Å². The lowest BCUT2D eigenvalue weighted by Gasteiger charge is -2.45. The van der Waals surface area contributed by atoms with Crippen LogP contribution in [0.5, 0.6) is 0 Å². The van der Waals surface area contributed by atoms with Crippen LogP contribution in [0.25, 0.3) is 10.8 Å². The summed E-state index contributed by atoms with van der Waals surface area (Å²) in [5, 5.41) is 15.9. The van der Waals surface area contributed by atoms with Gasteiger partial charge >= 0.3 is 0 Å². The Kier molecular flexibility index (Phi) is 5.73. The van der Waals surface area contributed by atoms with E-state index in [-0.39, 0.29) is 22.8 Å². The molecule has 0 bridgehead atoms. The van der Waals surface area contributed by atoms with Crippen LogP contribution in [-0.4, -0.2) is 85.1 Å². The van der Waals surface area contributed by atoms with Crippen LogP contribution >= 0.6 is 0 Å². The first kappa shape index (κ1) is 23.8. The first-order chi connectivity index (χ1) is 18.0. The maximum Gasteiger partial charge on any atom is 0.229 e. The van der Waals surface area contributed by atoms with E-state index >= 15 is 0 Å². The molecule has 3 saturated heterocycles. The molecule has 8 heteroatoms. The molecule has 1 aromatic carbocycles. The summed E-state index contributed by atoms with van der Waals surface area (Å²) < 4.78 is 11.1. The SMILES string of the molecule is C[C@@]1(N2CCN(c3cc4cc(NC(=O)[C@H]5CC56CCOCC6)ncc4cc3C3CC3)CC2)COC[C@@H]1O. The number of nitrogens with zero attached hydrogens (tertiary/aromatic N) is 3. The molecular weight excluding hydrogens is 468 g/mol. The number of hydrogen-bond acceptors (Lipinski definition) is 7. The molecule has 0 radical (unpaired) electrons. The van der Waals surface area contributed by atoms with Gasteiger partial charge < -0.3 is 24.8 Å². The third-order valence-electron chi connectivity index (χ3n) is 9.86. The van der Waals surface area contributed by atoms with Gasteiger partial charge in [0, 0.05) is 62.6 Å². The van der Waals surface area contributed by atoms with Crippen LogP contribution in [-0.2, 0) is 14.3 Å². The van der Waals surface area contributed by atoms with Gasteiger partial charge in [-0.05, 0) is 79.5 Å². The first-order valence-electron chi connectivity index (χ1n) is 14.0. The van der Waals surface area contributed by atoms with E-state index < -0.39 is 6.10 Å². The van der Waals surface area contributed by atoms with Crippen LogP contribution in [0.1, 0.15) is 50.5 Å². The monoisotopic (exact) mass is 506 g/mol. The van der Waals surface area contributed by atoms with Crippen molar-refractivity contribution in [1.82, 2.24) is 9.88 Å². The van der Waals surface area contributed by atoms with Crippen molar-refractivity contribution in [3.05, 3.63) is 30.0 Å². The zero-order valence-electron chi connectivity index (χ0n) is 21.7. The van der Waals surface area contributed by atoms with Crippen molar-refractivity contribution in [3.63, 3.8) is 0 Å². The van der Waals surface area contributed by atoms with Gasteiger partial charge in [-0.15, -0.1) is 0 Å². The molecule has 3 atom stereocenters. The predicted octanol–water partition coefficient (Wildman–Crippen LogP) is 3.14. The molecule has 4 heterocycles. The average Bonchev–Trinajstić information content (AvgIpc) is 3.84. The fraction of sp³-hybridized carbons (Fsp3) is 0.655. The second-order valence-corrected chi connectivity index (χ2v) is 12.2. The summed E-state index contributed by atoms with van der Waals surface area (Å²) in [4.78, 5) is 22.5. The van der Waals surface area contributed by atoms with Crippen molar-refractivity contribution in [1.29, 1.82) is 0 Å². The Morgan fingerprint density at radius 3 is 2.57 bits per heavy atom. The van der Waals surface area contributed by atoms with Gasteiger partial charge in [-0.2, -0.15) is 0 Å². The maximum absolute atomic E-state index is 13.0. The van der Waals surface area contributed by atoms with Crippen molar-refractivity contribution in [2.75, 3.05) is 62.8 Å². The Morgan fingerprint density at radius 1 is 1.08 bits per heavy atom. The fourth-order valence-electron chi connectivity index (χ4n) is 6.94. The molecule has 2 N–H and O–H groups in total. The molecule has 7 rings (SSSR count). The molecule has 1 spiro atoms. The van der Waals surface area contributed by atoms with Crippen molar-refractivity contribution in [3.8, 4) is 0 Å². The summed E-state index contributed by atoms with van der Waals surface area (Å²) in [6.07, 6.45) is 6.92. The van der Waals surface area contributed by atoms with Crippen molar-refractivity contribution in [2.24, 2.45) is 11.3 Å². The zero-order valence-corrected chi connectivity index (χ0v) is 21.7. The minimum Gasteiger partial charge on any atom is -0.389 e. The number of aliphatic hydroxyl groups excluding tert-OH is 1. The number of ether oxygens (including phenoxy) is 2. The zero-order chi connectivity index (χ0) is 25.2. The summed E-state index contributed by atoms with van der Waals surface area (Å²) >= 11 is 0. The maximum atomic E-state index is 13.0. The van der Waals surface area contributed by atoms with Crippen LogP contribution in [0.2, 0.25) is 0 Å². The highest BCUT2D eigenvalue weighted by molar-refractivity contribution is 5.97. The van der Waals surface area contributed by atoms with Gasteiger partial charge in [-0.25, -0.2) is 4.98 Å². The van der Waals surface area contributed by atoms with Crippen molar-refractivity contribution >= 4 is 28.2 Å². The quantitative estimate of drug-likeness (QED) is 0.644. The lowest BCUT2D eigenvalue weighted by atomic mass is 9.93. The number of carbonyl (C=O) groups is 1. The number of amides is 1. The van der Waals surface area contributed by atoms with E-state index in [1.807, 2.05) is 12.3 Å². The van der Waals surface area contributed by atoms with E-state index in [1.165, 1.54) is 24.1 Å². The summed E-state index contributed by atoms with van der Waals surface area (Å²) in [7, 11) is 0. The Hall–Kier alpha value is -2.26. The molecule has 1 amide bonds. The van der Waals surface area contributed by atoms with E-state index in [9.17, 15) is 9.90 Å². The molecule has 2 saturated carbocycles. The van der Waals surface area contributed by atoms with Gasteiger partial charge in [0.1, 0.15) is 5.82 Å². The van der Waals surface area contributed by atoms with Crippen molar-refractivity contribution in [2.45, 2.75) is 56.6 Å². The highest BCUT2D eigenvalue weighted by Gasteiger charge is 2.58. The third-order valence-corrected chi connectivity index (χ3v) is 9.86. The van der Waals surface area contributed by atoms with Crippen LogP contribution in [0, 0.1) is 11.3 Å². The van der Waals surface area contributed by atoms with Gasteiger partial charge in [0.05, 0.1) is 24.9 Å². The largest absolute Gasteiger partial charge is 0.389 e. The lowest BCUT2D eigenvalue weighted by molar-refractivity contribution is -0.118. The third kappa shape index (κ3) is 4.22. The number of nitrogens with one attached hydrogen (secondary N) is 1. The molecule has 3 aliphatic heterocycles. The van der Waals surface area contributed by atoms with E-state index in [4.69, 9.17) is 9.47 Å². The molecule has 37 heavy (non-hydrogen) atoms. The summed E-state index contributed by atoms with van der Waals surface area (Å²) in [5.74, 6) is 1.46. The Balaban J connectivity index is 1.10. The highest BCUT2D eigenvalue weighted by atomic mass is 16.5. The second-order valence-electron chi connectivity index (χ2n) is 12.2. The Morgan fingerprint density at radius 2 is 1.86 bits per heavy atom. The number of piperazine rings is 1. The average molecular weight is 507 g/mol. The van der Waals surface area contributed by atoms with E-state index in [1.54, 1.807) is 0 Å². The van der Waals surface area contributed by atoms with E-state index in [0.29, 0.717) is 24.9 Å². The smallest absolute Gasteiger partial charge is 0.229 e.